The first-order chi connectivity index (χ1) is 23.9. The Labute approximate surface area is 291 Å². The standard InChI is InChI=1S/C37H42N6O6S/c38-22-26-10-4-12-28(19-26)32-21-29(35(39)40)15-16-31(32)23-42-34(44)17-18-41-36(45)33(14-6-9-25-7-2-1-3-8-25)43-50(48,49)24-27-11-5-13-30(20-27)37(46)47/h1-5,7-8,10-13,15-16,19-21,33,43H,6,9,14,17-18,22-24,38H2,(H3,39,40)(H,41,45)(H,42,44)(H,46,47). The number of hydrogen-bond donors (Lipinski definition) is 7. The molecular weight excluding hydrogens is 657 g/mol. The maximum Gasteiger partial charge on any atom is 0.335 e. The van der Waals surface area contributed by atoms with Crippen LogP contribution in [0.2, 0.25) is 0 Å². The maximum absolute atomic E-state index is 13.3. The molecule has 1 unspecified atom stereocenters. The van der Waals surface area contributed by atoms with Crippen molar-refractivity contribution in [3.05, 3.63) is 130 Å². The lowest BCUT2D eigenvalue weighted by Crippen LogP contribution is -2.47. The third-order valence-corrected chi connectivity index (χ3v) is 9.35. The zero-order chi connectivity index (χ0) is 36.1. The summed E-state index contributed by atoms with van der Waals surface area (Å²) in [4.78, 5) is 37.5. The maximum atomic E-state index is 13.3. The molecule has 0 aliphatic rings. The van der Waals surface area contributed by atoms with Crippen LogP contribution in [0.4, 0.5) is 0 Å². The summed E-state index contributed by atoms with van der Waals surface area (Å²) < 4.78 is 28.7. The minimum atomic E-state index is -4.05. The lowest BCUT2D eigenvalue weighted by molar-refractivity contribution is -0.123. The highest BCUT2D eigenvalue weighted by Crippen LogP contribution is 2.26. The summed E-state index contributed by atoms with van der Waals surface area (Å²) >= 11 is 0. The van der Waals surface area contributed by atoms with E-state index in [1.54, 1.807) is 18.2 Å². The van der Waals surface area contributed by atoms with Gasteiger partial charge in [-0.1, -0.05) is 72.8 Å². The lowest BCUT2D eigenvalue weighted by atomic mass is 9.95. The number of nitrogen functional groups attached to an aromatic ring is 1. The van der Waals surface area contributed by atoms with Gasteiger partial charge in [-0.05, 0) is 76.9 Å². The highest BCUT2D eigenvalue weighted by Gasteiger charge is 2.25. The second kappa shape index (κ2) is 17.9. The van der Waals surface area contributed by atoms with Gasteiger partial charge in [-0.25, -0.2) is 17.9 Å². The Morgan fingerprint density at radius 3 is 2.26 bits per heavy atom. The molecule has 0 bridgehead atoms. The van der Waals surface area contributed by atoms with Gasteiger partial charge in [0.2, 0.25) is 21.8 Å². The highest BCUT2D eigenvalue weighted by molar-refractivity contribution is 7.88. The molecule has 0 aromatic heterocycles. The van der Waals surface area contributed by atoms with Crippen molar-refractivity contribution >= 4 is 33.6 Å². The quantitative estimate of drug-likeness (QED) is 0.0602. The van der Waals surface area contributed by atoms with Crippen LogP contribution < -0.4 is 26.8 Å². The molecule has 50 heavy (non-hydrogen) atoms. The number of carbonyl (C=O) groups excluding carboxylic acids is 2. The van der Waals surface area contributed by atoms with Crippen LogP contribution in [0, 0.1) is 5.41 Å². The molecule has 12 nitrogen and oxygen atoms in total. The van der Waals surface area contributed by atoms with E-state index in [1.165, 1.54) is 24.3 Å². The molecule has 0 aliphatic carbocycles. The molecule has 0 saturated heterocycles. The summed E-state index contributed by atoms with van der Waals surface area (Å²) in [7, 11) is -4.05. The smallest absolute Gasteiger partial charge is 0.335 e. The van der Waals surface area contributed by atoms with Gasteiger partial charge < -0.3 is 27.2 Å². The van der Waals surface area contributed by atoms with Gasteiger partial charge in [0.1, 0.15) is 11.9 Å². The van der Waals surface area contributed by atoms with Crippen molar-refractivity contribution in [2.75, 3.05) is 6.54 Å². The Bertz CT molecular complexity index is 1930. The highest BCUT2D eigenvalue weighted by atomic mass is 32.2. The lowest BCUT2D eigenvalue weighted by Gasteiger charge is -2.19. The fraction of sp³-hybridized carbons (Fsp3) is 0.243. The number of amides is 2. The van der Waals surface area contributed by atoms with Crippen LogP contribution in [0.3, 0.4) is 0 Å². The van der Waals surface area contributed by atoms with E-state index in [4.69, 9.17) is 16.9 Å². The van der Waals surface area contributed by atoms with Crippen molar-refractivity contribution in [2.45, 2.75) is 50.6 Å². The van der Waals surface area contributed by atoms with Crippen molar-refractivity contribution in [1.82, 2.24) is 15.4 Å². The number of aromatic carboxylic acids is 1. The third kappa shape index (κ3) is 11.4. The van der Waals surface area contributed by atoms with E-state index < -0.39 is 33.7 Å². The Morgan fingerprint density at radius 2 is 1.54 bits per heavy atom. The molecule has 0 radical (unpaired) electrons. The van der Waals surface area contributed by atoms with Crippen LogP contribution in [0.1, 0.15) is 57.4 Å². The summed E-state index contributed by atoms with van der Waals surface area (Å²) in [6.45, 7) is 0.503. The molecule has 0 aliphatic heterocycles. The van der Waals surface area contributed by atoms with E-state index >= 15 is 0 Å². The largest absolute Gasteiger partial charge is 0.478 e. The van der Waals surface area contributed by atoms with Crippen molar-refractivity contribution in [1.29, 1.82) is 5.41 Å². The topological polar surface area (TPSA) is 218 Å². The van der Waals surface area contributed by atoms with Crippen molar-refractivity contribution in [3.63, 3.8) is 0 Å². The van der Waals surface area contributed by atoms with Crippen LogP contribution in [0.25, 0.3) is 11.1 Å². The van der Waals surface area contributed by atoms with Gasteiger partial charge in [0.25, 0.3) is 0 Å². The Hall–Kier alpha value is -5.37. The summed E-state index contributed by atoms with van der Waals surface area (Å²) in [6, 6.07) is 27.1. The fourth-order valence-electron chi connectivity index (χ4n) is 5.41. The molecule has 9 N–H and O–H groups in total. The summed E-state index contributed by atoms with van der Waals surface area (Å²) in [6.07, 6.45) is 1.28. The number of hydrogen-bond acceptors (Lipinski definition) is 7. The Balaban J connectivity index is 1.38. The van der Waals surface area contributed by atoms with Crippen LogP contribution in [0.5, 0.6) is 0 Å². The van der Waals surface area contributed by atoms with E-state index in [2.05, 4.69) is 15.4 Å². The predicted octanol–water partition coefficient (Wildman–Crippen LogP) is 3.43. The van der Waals surface area contributed by atoms with Gasteiger partial charge in [-0.15, -0.1) is 0 Å². The number of aryl methyl sites for hydroxylation is 1. The van der Waals surface area contributed by atoms with E-state index in [0.29, 0.717) is 24.9 Å². The molecular formula is C37H42N6O6S. The Kier molecular flexibility index (Phi) is 13.4. The first-order valence-corrected chi connectivity index (χ1v) is 17.8. The van der Waals surface area contributed by atoms with Gasteiger partial charge in [-0.3, -0.25) is 15.0 Å². The number of carbonyl (C=O) groups is 3. The van der Waals surface area contributed by atoms with Crippen LogP contribution in [0.15, 0.2) is 97.1 Å². The van der Waals surface area contributed by atoms with Crippen LogP contribution in [-0.2, 0) is 44.9 Å². The zero-order valence-electron chi connectivity index (χ0n) is 27.5. The average Bonchev–Trinajstić information content (AvgIpc) is 3.10. The summed E-state index contributed by atoms with van der Waals surface area (Å²) in [5, 5.41) is 22.7. The molecule has 4 aromatic rings. The minimum absolute atomic E-state index is 0.0308. The number of nitrogens with one attached hydrogen (secondary N) is 4. The monoisotopic (exact) mass is 698 g/mol. The second-order valence-corrected chi connectivity index (χ2v) is 13.6. The van der Waals surface area contributed by atoms with Gasteiger partial charge in [-0.2, -0.15) is 0 Å². The number of sulfonamides is 1. The van der Waals surface area contributed by atoms with Crippen molar-refractivity contribution in [3.8, 4) is 11.1 Å². The molecule has 262 valence electrons. The molecule has 1 atom stereocenters. The van der Waals surface area contributed by atoms with E-state index in [1.807, 2.05) is 54.6 Å². The van der Waals surface area contributed by atoms with E-state index in [9.17, 15) is 27.9 Å². The van der Waals surface area contributed by atoms with Gasteiger partial charge in [0, 0.05) is 31.6 Å². The average molecular weight is 699 g/mol. The molecule has 4 aromatic carbocycles. The van der Waals surface area contributed by atoms with E-state index in [0.717, 1.165) is 27.8 Å². The van der Waals surface area contributed by atoms with Gasteiger partial charge in [0.15, 0.2) is 0 Å². The number of benzene rings is 4. The number of amidine groups is 1. The van der Waals surface area contributed by atoms with Crippen LogP contribution >= 0.6 is 0 Å². The molecule has 4 rings (SSSR count). The molecule has 0 fully saturated rings. The minimum Gasteiger partial charge on any atom is -0.478 e. The molecule has 13 heteroatoms. The van der Waals surface area contributed by atoms with Crippen molar-refractivity contribution in [2.24, 2.45) is 11.5 Å². The van der Waals surface area contributed by atoms with Gasteiger partial charge >= 0.3 is 5.97 Å². The normalized spacial score (nSPS) is 11.8. The third-order valence-electron chi connectivity index (χ3n) is 7.99. The van der Waals surface area contributed by atoms with Gasteiger partial charge in [0.05, 0.1) is 11.3 Å². The first-order valence-electron chi connectivity index (χ1n) is 16.1. The number of carboxylic acids is 1. The number of rotatable bonds is 18. The van der Waals surface area contributed by atoms with Crippen molar-refractivity contribution < 1.29 is 27.9 Å². The Morgan fingerprint density at radius 1 is 0.820 bits per heavy atom. The van der Waals surface area contributed by atoms with Crippen LogP contribution in [-0.4, -0.2) is 49.7 Å². The molecule has 0 spiro atoms. The zero-order valence-corrected chi connectivity index (χ0v) is 28.3. The number of carboxylic acid groups (broad SMARTS) is 1. The fourth-order valence-corrected chi connectivity index (χ4v) is 6.77. The molecule has 2 amide bonds. The van der Waals surface area contributed by atoms with E-state index in [-0.39, 0.29) is 48.8 Å². The SMILES string of the molecule is N=C(N)c1ccc(CNC(=O)CCNC(=O)C(CCCc2ccccc2)NS(=O)(=O)Cc2cccc(C(=O)O)c2)c(-c2cccc(CN)c2)c1. The molecule has 0 saturated carbocycles. The predicted molar refractivity (Wildman–Crippen MR) is 193 cm³/mol. The first kappa shape index (κ1) is 37.4. The second-order valence-electron chi connectivity index (χ2n) is 11.8. The summed E-state index contributed by atoms with van der Waals surface area (Å²) in [5.74, 6) is -2.67. The summed E-state index contributed by atoms with van der Waals surface area (Å²) in [5.41, 5.74) is 16.7. The number of nitrogens with two attached hydrogens (primary N) is 2. The molecule has 0 heterocycles.